The van der Waals surface area contributed by atoms with Gasteiger partial charge in [-0.2, -0.15) is 0 Å². The molecule has 0 fully saturated rings. The summed E-state index contributed by atoms with van der Waals surface area (Å²) < 4.78 is 0. The lowest BCUT2D eigenvalue weighted by atomic mass is 10.1. The zero-order valence-corrected chi connectivity index (χ0v) is 9.82. The van der Waals surface area contributed by atoms with Crippen LogP contribution in [0.25, 0.3) is 0 Å². The molecule has 1 atom stereocenters. The second kappa shape index (κ2) is 4.75. The van der Waals surface area contributed by atoms with Gasteiger partial charge in [0.25, 0.3) is 0 Å². The van der Waals surface area contributed by atoms with Crippen molar-refractivity contribution in [2.24, 2.45) is 0 Å². The molecule has 1 unspecified atom stereocenters. The molecule has 13 heavy (non-hydrogen) atoms. The highest BCUT2D eigenvalue weighted by Gasteiger charge is 2.10. The van der Waals surface area contributed by atoms with Crippen LogP contribution in [0.4, 0.5) is 0 Å². The summed E-state index contributed by atoms with van der Waals surface area (Å²) in [4.78, 5) is 5.89. The van der Waals surface area contributed by atoms with E-state index < -0.39 is 0 Å². The molecule has 1 rings (SSSR count). The van der Waals surface area contributed by atoms with Crippen LogP contribution in [-0.2, 0) is 0 Å². The van der Waals surface area contributed by atoms with Crippen molar-refractivity contribution in [3.8, 4) is 0 Å². The lowest BCUT2D eigenvalue weighted by Gasteiger charge is -2.04. The Morgan fingerprint density at radius 1 is 1.38 bits per heavy atom. The minimum Gasteiger partial charge on any atom is -0.249 e. The van der Waals surface area contributed by atoms with E-state index in [0.717, 1.165) is 0 Å². The molecule has 0 spiro atoms. The van der Waals surface area contributed by atoms with Crippen LogP contribution in [0.2, 0.25) is 0 Å². The van der Waals surface area contributed by atoms with Crippen molar-refractivity contribution < 1.29 is 0 Å². The predicted octanol–water partition coefficient (Wildman–Crippen LogP) is 4.17. The highest BCUT2D eigenvalue weighted by Crippen LogP contribution is 2.28. The van der Waals surface area contributed by atoms with Crippen molar-refractivity contribution in [2.45, 2.75) is 52.4 Å². The molecule has 1 aromatic heterocycles. The highest BCUT2D eigenvalue weighted by molar-refractivity contribution is 7.11. The Balaban J connectivity index is 2.67. The van der Waals surface area contributed by atoms with E-state index in [4.69, 9.17) is 0 Å². The number of aromatic nitrogens is 1. The molecule has 0 aliphatic rings. The lowest BCUT2D eigenvalue weighted by molar-refractivity contribution is 0.660. The number of hydrogen-bond acceptors (Lipinski definition) is 2. The first kappa shape index (κ1) is 10.7. The van der Waals surface area contributed by atoms with Crippen molar-refractivity contribution >= 4 is 11.3 Å². The van der Waals surface area contributed by atoms with E-state index in [-0.39, 0.29) is 0 Å². The van der Waals surface area contributed by atoms with Gasteiger partial charge in [0.15, 0.2) is 0 Å². The van der Waals surface area contributed by atoms with E-state index in [0.29, 0.717) is 11.8 Å². The maximum absolute atomic E-state index is 4.47. The van der Waals surface area contributed by atoms with Crippen LogP contribution in [0.15, 0.2) is 6.20 Å². The van der Waals surface area contributed by atoms with Crippen LogP contribution >= 0.6 is 11.3 Å². The molecule has 0 radical (unpaired) electrons. The Morgan fingerprint density at radius 3 is 2.54 bits per heavy atom. The van der Waals surface area contributed by atoms with Gasteiger partial charge in [0.1, 0.15) is 0 Å². The summed E-state index contributed by atoms with van der Waals surface area (Å²) in [6.07, 6.45) is 4.54. The molecular formula is C11H19NS. The lowest BCUT2D eigenvalue weighted by Crippen LogP contribution is -1.90. The van der Waals surface area contributed by atoms with Crippen molar-refractivity contribution in [2.75, 3.05) is 0 Å². The third kappa shape index (κ3) is 2.80. The molecule has 0 aliphatic heterocycles. The molecule has 0 aliphatic carbocycles. The molecule has 0 saturated carbocycles. The summed E-state index contributed by atoms with van der Waals surface area (Å²) in [5.74, 6) is 1.27. The van der Waals surface area contributed by atoms with Gasteiger partial charge in [-0.1, -0.05) is 34.1 Å². The zero-order chi connectivity index (χ0) is 9.84. The summed E-state index contributed by atoms with van der Waals surface area (Å²) in [6, 6.07) is 0. The monoisotopic (exact) mass is 197 g/mol. The fourth-order valence-corrected chi connectivity index (χ4v) is 2.36. The Hall–Kier alpha value is -0.370. The summed E-state index contributed by atoms with van der Waals surface area (Å²) in [5.41, 5.74) is 0. The Kier molecular flexibility index (Phi) is 3.91. The van der Waals surface area contributed by atoms with Gasteiger partial charge in [0.2, 0.25) is 0 Å². The third-order valence-electron chi connectivity index (χ3n) is 2.25. The molecular weight excluding hydrogens is 178 g/mol. The van der Waals surface area contributed by atoms with E-state index >= 15 is 0 Å². The number of thiazole rings is 1. The largest absolute Gasteiger partial charge is 0.249 e. The van der Waals surface area contributed by atoms with Crippen LogP contribution in [0.5, 0.6) is 0 Å². The molecule has 1 nitrogen and oxygen atoms in total. The Labute approximate surface area is 85.2 Å². The molecule has 74 valence electrons. The molecule has 0 bridgehead atoms. The van der Waals surface area contributed by atoms with Crippen LogP contribution in [0.3, 0.4) is 0 Å². The van der Waals surface area contributed by atoms with Gasteiger partial charge in [-0.05, 0) is 12.3 Å². The van der Waals surface area contributed by atoms with Gasteiger partial charge in [-0.25, -0.2) is 4.98 Å². The van der Waals surface area contributed by atoms with Gasteiger partial charge in [-0.3, -0.25) is 0 Å². The van der Waals surface area contributed by atoms with Crippen LogP contribution in [0.1, 0.15) is 62.3 Å². The number of hydrogen-bond donors (Lipinski definition) is 0. The summed E-state index contributed by atoms with van der Waals surface area (Å²) in [6.45, 7) is 8.95. The van der Waals surface area contributed by atoms with Crippen LogP contribution in [-0.4, -0.2) is 4.98 Å². The normalized spacial score (nSPS) is 13.6. The molecule has 1 aromatic rings. The van der Waals surface area contributed by atoms with Gasteiger partial charge < -0.3 is 0 Å². The fourth-order valence-electron chi connectivity index (χ4n) is 1.35. The molecule has 1 heterocycles. The first-order chi connectivity index (χ1) is 6.15. The van der Waals surface area contributed by atoms with Gasteiger partial charge >= 0.3 is 0 Å². The van der Waals surface area contributed by atoms with Crippen LogP contribution < -0.4 is 0 Å². The topological polar surface area (TPSA) is 12.9 Å². The average Bonchev–Trinajstić information content (AvgIpc) is 2.52. The summed E-state index contributed by atoms with van der Waals surface area (Å²) in [7, 11) is 0. The van der Waals surface area contributed by atoms with E-state index in [9.17, 15) is 0 Å². The van der Waals surface area contributed by atoms with Crippen molar-refractivity contribution in [3.05, 3.63) is 16.1 Å². The number of nitrogens with zero attached hydrogens (tertiary/aromatic N) is 1. The molecule has 0 amide bonds. The maximum Gasteiger partial charge on any atom is 0.0955 e. The SMILES string of the molecule is CCCC(C)c1ncc(C(C)C)s1. The van der Waals surface area contributed by atoms with Crippen LogP contribution in [0, 0.1) is 0 Å². The summed E-state index contributed by atoms with van der Waals surface area (Å²) in [5, 5.41) is 1.31. The first-order valence-corrected chi connectivity index (χ1v) is 5.92. The van der Waals surface area contributed by atoms with Gasteiger partial charge in [-0.15, -0.1) is 11.3 Å². The van der Waals surface area contributed by atoms with Gasteiger partial charge in [0, 0.05) is 17.0 Å². The van der Waals surface area contributed by atoms with Crippen molar-refractivity contribution in [1.29, 1.82) is 0 Å². The van der Waals surface area contributed by atoms with Gasteiger partial charge in [0.05, 0.1) is 5.01 Å². The smallest absolute Gasteiger partial charge is 0.0955 e. The minimum atomic E-state index is 0.625. The molecule has 0 saturated heterocycles. The number of rotatable bonds is 4. The maximum atomic E-state index is 4.47. The van der Waals surface area contributed by atoms with E-state index in [1.807, 2.05) is 17.5 Å². The average molecular weight is 197 g/mol. The standard InChI is InChI=1S/C11H19NS/c1-5-6-9(4)11-12-7-10(13-11)8(2)3/h7-9H,5-6H2,1-4H3. The molecule has 2 heteroatoms. The predicted molar refractivity (Wildman–Crippen MR) is 59.5 cm³/mol. The molecule has 0 aromatic carbocycles. The molecule has 0 N–H and O–H groups in total. The highest BCUT2D eigenvalue weighted by atomic mass is 32.1. The van der Waals surface area contributed by atoms with E-state index in [1.54, 1.807) is 0 Å². The Bertz CT molecular complexity index is 252. The quantitative estimate of drug-likeness (QED) is 0.706. The minimum absolute atomic E-state index is 0.625. The third-order valence-corrected chi connectivity index (χ3v) is 3.78. The second-order valence-electron chi connectivity index (χ2n) is 3.95. The fraction of sp³-hybridized carbons (Fsp3) is 0.727. The zero-order valence-electron chi connectivity index (χ0n) is 9.00. The van der Waals surface area contributed by atoms with Crippen molar-refractivity contribution in [1.82, 2.24) is 4.98 Å². The van der Waals surface area contributed by atoms with E-state index in [2.05, 4.69) is 32.7 Å². The van der Waals surface area contributed by atoms with E-state index in [1.165, 1.54) is 22.7 Å². The Morgan fingerprint density at radius 2 is 2.08 bits per heavy atom. The summed E-state index contributed by atoms with van der Waals surface area (Å²) >= 11 is 1.88. The van der Waals surface area contributed by atoms with Crippen molar-refractivity contribution in [3.63, 3.8) is 0 Å². The second-order valence-corrected chi connectivity index (χ2v) is 5.04. The first-order valence-electron chi connectivity index (χ1n) is 5.10.